The van der Waals surface area contributed by atoms with E-state index in [2.05, 4.69) is 9.97 Å². The maximum absolute atomic E-state index is 5.74. The van der Waals surface area contributed by atoms with Crippen LogP contribution in [0.15, 0.2) is 42.7 Å². The molecule has 3 rings (SSSR count). The number of fused-ring (bicyclic) bond motifs is 1. The van der Waals surface area contributed by atoms with Gasteiger partial charge in [-0.1, -0.05) is 0 Å². The summed E-state index contributed by atoms with van der Waals surface area (Å²) in [5.74, 6) is 0. The van der Waals surface area contributed by atoms with Crippen molar-refractivity contribution in [3.05, 3.63) is 42.7 Å². The van der Waals surface area contributed by atoms with E-state index in [9.17, 15) is 0 Å². The summed E-state index contributed by atoms with van der Waals surface area (Å²) in [7, 11) is 0. The van der Waals surface area contributed by atoms with Crippen molar-refractivity contribution in [2.75, 3.05) is 5.73 Å². The average Bonchev–Trinajstić information content (AvgIpc) is 2.73. The van der Waals surface area contributed by atoms with Crippen LogP contribution >= 0.6 is 36.2 Å². The third-order valence-corrected chi connectivity index (χ3v) is 3.41. The van der Waals surface area contributed by atoms with Gasteiger partial charge in [-0.15, -0.1) is 36.2 Å². The Labute approximate surface area is 121 Å². The maximum Gasteiger partial charge on any atom is 0.124 e. The predicted molar refractivity (Wildman–Crippen MR) is 81.8 cm³/mol. The molecule has 2 heterocycles. The fraction of sp³-hybridized carbons (Fsp3) is 0. The van der Waals surface area contributed by atoms with Crippen LogP contribution in [0.2, 0.25) is 0 Å². The molecule has 18 heavy (non-hydrogen) atoms. The molecule has 0 unspecified atom stereocenters. The number of halogens is 2. The molecule has 0 amide bonds. The van der Waals surface area contributed by atoms with Gasteiger partial charge in [-0.25, -0.2) is 4.98 Å². The smallest absolute Gasteiger partial charge is 0.124 e. The van der Waals surface area contributed by atoms with Gasteiger partial charge < -0.3 is 5.73 Å². The highest BCUT2D eigenvalue weighted by atomic mass is 35.5. The van der Waals surface area contributed by atoms with Gasteiger partial charge in [0.05, 0.1) is 10.2 Å². The van der Waals surface area contributed by atoms with E-state index in [1.807, 2.05) is 30.3 Å². The van der Waals surface area contributed by atoms with Gasteiger partial charge in [-0.3, -0.25) is 4.98 Å². The molecular weight excluding hydrogens is 289 g/mol. The van der Waals surface area contributed by atoms with Crippen molar-refractivity contribution in [2.24, 2.45) is 0 Å². The van der Waals surface area contributed by atoms with Crippen LogP contribution < -0.4 is 5.73 Å². The summed E-state index contributed by atoms with van der Waals surface area (Å²) < 4.78 is 1.12. The van der Waals surface area contributed by atoms with E-state index in [1.165, 1.54) is 0 Å². The number of rotatable bonds is 1. The molecule has 0 aliphatic carbocycles. The summed E-state index contributed by atoms with van der Waals surface area (Å²) >= 11 is 1.65. The van der Waals surface area contributed by atoms with Crippen LogP contribution in [-0.4, -0.2) is 9.97 Å². The normalized spacial score (nSPS) is 9.56. The van der Waals surface area contributed by atoms with Crippen molar-refractivity contribution in [1.29, 1.82) is 0 Å². The van der Waals surface area contributed by atoms with Crippen molar-refractivity contribution in [1.82, 2.24) is 9.97 Å². The van der Waals surface area contributed by atoms with Crippen molar-refractivity contribution < 1.29 is 0 Å². The Kier molecular flexibility index (Phi) is 4.90. The first kappa shape index (κ1) is 14.7. The second kappa shape index (κ2) is 6.00. The minimum absolute atomic E-state index is 0. The lowest BCUT2D eigenvalue weighted by atomic mass is 10.3. The van der Waals surface area contributed by atoms with E-state index in [1.54, 1.807) is 23.7 Å². The van der Waals surface area contributed by atoms with E-state index in [-0.39, 0.29) is 24.8 Å². The van der Waals surface area contributed by atoms with Crippen molar-refractivity contribution in [2.45, 2.75) is 0 Å². The molecule has 0 bridgehead atoms. The largest absolute Gasteiger partial charge is 0.399 e. The predicted octanol–water partition coefficient (Wildman–Crippen LogP) is 3.78. The molecule has 0 aliphatic heterocycles. The zero-order valence-corrected chi connectivity index (χ0v) is 11.7. The Hall–Kier alpha value is -1.36. The van der Waals surface area contributed by atoms with E-state index in [4.69, 9.17) is 5.73 Å². The number of nitrogens with two attached hydrogens (primary N) is 1. The number of nitrogens with zero attached hydrogens (tertiary/aromatic N) is 2. The van der Waals surface area contributed by atoms with E-state index >= 15 is 0 Å². The molecule has 1 aromatic carbocycles. The minimum atomic E-state index is 0. The third kappa shape index (κ3) is 2.72. The standard InChI is InChI=1S/C12H9N3S.2ClH/c13-9-1-2-10-11(7-9)16-12(15-10)8-3-5-14-6-4-8;;/h1-7H,13H2;2*1H. The number of hydrogen-bond acceptors (Lipinski definition) is 4. The molecule has 0 radical (unpaired) electrons. The lowest BCUT2D eigenvalue weighted by Crippen LogP contribution is -1.81. The number of benzene rings is 1. The SMILES string of the molecule is Cl.Cl.Nc1ccc2nc(-c3ccncc3)sc2c1. The number of hydrogen-bond donors (Lipinski definition) is 1. The molecule has 3 nitrogen and oxygen atoms in total. The van der Waals surface area contributed by atoms with Crippen molar-refractivity contribution in [3.8, 4) is 10.6 Å². The first-order valence-electron chi connectivity index (χ1n) is 4.89. The Morgan fingerprint density at radius 3 is 2.44 bits per heavy atom. The van der Waals surface area contributed by atoms with Crippen molar-refractivity contribution in [3.63, 3.8) is 0 Å². The second-order valence-corrected chi connectivity index (χ2v) is 4.51. The monoisotopic (exact) mass is 299 g/mol. The highest BCUT2D eigenvalue weighted by molar-refractivity contribution is 7.21. The zero-order chi connectivity index (χ0) is 11.0. The summed E-state index contributed by atoms with van der Waals surface area (Å²) in [5, 5.41) is 1.00. The number of anilines is 1. The highest BCUT2D eigenvalue weighted by Crippen LogP contribution is 2.30. The topological polar surface area (TPSA) is 51.8 Å². The van der Waals surface area contributed by atoms with Gasteiger partial charge in [0, 0.05) is 23.6 Å². The number of thiazole rings is 1. The molecule has 0 aliphatic rings. The van der Waals surface area contributed by atoms with Gasteiger partial charge in [-0.05, 0) is 30.3 Å². The molecule has 0 atom stereocenters. The van der Waals surface area contributed by atoms with Gasteiger partial charge in [-0.2, -0.15) is 0 Å². The zero-order valence-electron chi connectivity index (χ0n) is 9.24. The van der Waals surface area contributed by atoms with Gasteiger partial charge in [0.1, 0.15) is 5.01 Å². The summed E-state index contributed by atoms with van der Waals surface area (Å²) in [4.78, 5) is 8.56. The molecular formula is C12H11Cl2N3S. The highest BCUT2D eigenvalue weighted by Gasteiger charge is 2.05. The molecule has 0 saturated heterocycles. The minimum Gasteiger partial charge on any atom is -0.399 e. The van der Waals surface area contributed by atoms with Crippen molar-refractivity contribution >= 4 is 52.1 Å². The third-order valence-electron chi connectivity index (χ3n) is 2.34. The Morgan fingerprint density at radius 1 is 1.00 bits per heavy atom. The maximum atomic E-state index is 5.74. The van der Waals surface area contributed by atoms with E-state index in [0.717, 1.165) is 26.5 Å². The van der Waals surface area contributed by atoms with Crippen LogP contribution in [0.3, 0.4) is 0 Å². The molecule has 0 spiro atoms. The fourth-order valence-electron chi connectivity index (χ4n) is 1.56. The van der Waals surface area contributed by atoms with Crippen LogP contribution in [0.25, 0.3) is 20.8 Å². The number of pyridine rings is 1. The Bertz CT molecular complexity index is 640. The molecule has 3 aromatic rings. The van der Waals surface area contributed by atoms with Crippen LogP contribution in [0.5, 0.6) is 0 Å². The quantitative estimate of drug-likeness (QED) is 0.696. The van der Waals surface area contributed by atoms with Crippen LogP contribution in [0.1, 0.15) is 0 Å². The lowest BCUT2D eigenvalue weighted by Gasteiger charge is -1.91. The van der Waals surface area contributed by atoms with Crippen LogP contribution in [0.4, 0.5) is 5.69 Å². The number of aromatic nitrogens is 2. The molecule has 0 saturated carbocycles. The average molecular weight is 300 g/mol. The molecule has 0 fully saturated rings. The molecule has 94 valence electrons. The first-order chi connectivity index (χ1) is 7.83. The fourth-order valence-corrected chi connectivity index (χ4v) is 2.58. The summed E-state index contributed by atoms with van der Waals surface area (Å²) in [6, 6.07) is 9.70. The second-order valence-electron chi connectivity index (χ2n) is 3.48. The molecule has 6 heteroatoms. The Morgan fingerprint density at radius 2 is 1.72 bits per heavy atom. The van der Waals surface area contributed by atoms with Crippen LogP contribution in [0, 0.1) is 0 Å². The van der Waals surface area contributed by atoms with E-state index in [0.29, 0.717) is 0 Å². The van der Waals surface area contributed by atoms with Gasteiger partial charge in [0.25, 0.3) is 0 Å². The van der Waals surface area contributed by atoms with Gasteiger partial charge in [0.15, 0.2) is 0 Å². The first-order valence-corrected chi connectivity index (χ1v) is 5.71. The van der Waals surface area contributed by atoms with E-state index < -0.39 is 0 Å². The molecule has 2 N–H and O–H groups in total. The van der Waals surface area contributed by atoms with Crippen LogP contribution in [-0.2, 0) is 0 Å². The summed E-state index contributed by atoms with van der Waals surface area (Å²) in [6.07, 6.45) is 3.55. The number of nitrogen functional groups attached to an aromatic ring is 1. The molecule has 2 aromatic heterocycles. The van der Waals surface area contributed by atoms with Gasteiger partial charge in [0.2, 0.25) is 0 Å². The summed E-state index contributed by atoms with van der Waals surface area (Å²) in [5.41, 5.74) is 8.60. The lowest BCUT2D eigenvalue weighted by molar-refractivity contribution is 1.32. The summed E-state index contributed by atoms with van der Waals surface area (Å²) in [6.45, 7) is 0. The van der Waals surface area contributed by atoms with Gasteiger partial charge >= 0.3 is 0 Å². The Balaban J connectivity index is 0.000000810.